The molecule has 1 unspecified atom stereocenters. The Bertz CT molecular complexity index is 432. The van der Waals surface area contributed by atoms with E-state index < -0.39 is 6.10 Å². The molecule has 17 heavy (non-hydrogen) atoms. The van der Waals surface area contributed by atoms with Crippen LogP contribution in [0.4, 0.5) is 0 Å². The predicted molar refractivity (Wildman–Crippen MR) is 66.9 cm³/mol. The molecule has 1 aliphatic rings. The van der Waals surface area contributed by atoms with Gasteiger partial charge in [-0.25, -0.2) is 0 Å². The monoisotopic (exact) mass is 299 g/mol. The van der Waals surface area contributed by atoms with Crippen LogP contribution >= 0.6 is 15.9 Å². The number of phenols is 1. The molecule has 1 amide bonds. The molecular weight excluding hydrogens is 286 g/mol. The van der Waals surface area contributed by atoms with E-state index in [2.05, 4.69) is 21.2 Å². The summed E-state index contributed by atoms with van der Waals surface area (Å²) in [6.07, 6.45) is 1.62. The van der Waals surface area contributed by atoms with Crippen LogP contribution in [0.3, 0.4) is 0 Å². The minimum Gasteiger partial charge on any atom is -0.507 e. The van der Waals surface area contributed by atoms with Crippen LogP contribution in [0.5, 0.6) is 5.75 Å². The van der Waals surface area contributed by atoms with Crippen LogP contribution in [0.2, 0.25) is 0 Å². The molecule has 1 fully saturated rings. The second-order valence-electron chi connectivity index (χ2n) is 4.28. The lowest BCUT2D eigenvalue weighted by Gasteiger charge is -2.10. The molecule has 1 atom stereocenters. The fourth-order valence-corrected chi connectivity index (χ4v) is 1.85. The van der Waals surface area contributed by atoms with Gasteiger partial charge in [0.15, 0.2) is 0 Å². The first-order valence-corrected chi connectivity index (χ1v) is 6.32. The Morgan fingerprint density at radius 3 is 2.82 bits per heavy atom. The second kappa shape index (κ2) is 5.06. The Labute approximate surface area is 108 Å². The van der Waals surface area contributed by atoms with E-state index in [-0.39, 0.29) is 18.2 Å². The van der Waals surface area contributed by atoms with Crippen molar-refractivity contribution in [3.8, 4) is 5.75 Å². The zero-order valence-electron chi connectivity index (χ0n) is 9.19. The van der Waals surface area contributed by atoms with Crippen molar-refractivity contribution in [2.24, 2.45) is 5.92 Å². The number of carbonyl (C=O) groups excluding carboxylic acids is 1. The van der Waals surface area contributed by atoms with Crippen molar-refractivity contribution in [3.05, 3.63) is 28.2 Å². The van der Waals surface area contributed by atoms with E-state index in [1.165, 1.54) is 6.07 Å². The zero-order chi connectivity index (χ0) is 12.4. The summed E-state index contributed by atoms with van der Waals surface area (Å²) in [5, 5.41) is 21.7. The zero-order valence-corrected chi connectivity index (χ0v) is 10.8. The molecule has 3 N–H and O–H groups in total. The summed E-state index contributed by atoms with van der Waals surface area (Å²) in [4.78, 5) is 11.7. The highest BCUT2D eigenvalue weighted by Gasteiger charge is 2.29. The van der Waals surface area contributed by atoms with E-state index in [9.17, 15) is 15.0 Å². The SMILES string of the molecule is O=C(NCC(O)C1CC1)c1ccc(Br)c(O)c1. The molecule has 92 valence electrons. The van der Waals surface area contributed by atoms with Crippen LogP contribution in [0.1, 0.15) is 23.2 Å². The van der Waals surface area contributed by atoms with Gasteiger partial charge in [0.05, 0.1) is 10.6 Å². The Morgan fingerprint density at radius 2 is 2.24 bits per heavy atom. The maximum atomic E-state index is 11.7. The molecule has 0 heterocycles. The largest absolute Gasteiger partial charge is 0.507 e. The summed E-state index contributed by atoms with van der Waals surface area (Å²) < 4.78 is 0.548. The minimum atomic E-state index is -0.456. The summed E-state index contributed by atoms with van der Waals surface area (Å²) in [5.74, 6) is 0.0847. The van der Waals surface area contributed by atoms with Crippen molar-refractivity contribution in [1.29, 1.82) is 0 Å². The van der Waals surface area contributed by atoms with Crippen LogP contribution in [0.25, 0.3) is 0 Å². The third kappa shape index (κ3) is 3.20. The standard InChI is InChI=1S/C12H14BrNO3/c13-9-4-3-8(5-10(9)15)12(17)14-6-11(16)7-1-2-7/h3-5,7,11,15-16H,1-2,6H2,(H,14,17). The van der Waals surface area contributed by atoms with Crippen molar-refractivity contribution in [2.75, 3.05) is 6.54 Å². The fraction of sp³-hybridized carbons (Fsp3) is 0.417. The normalized spacial score (nSPS) is 16.6. The van der Waals surface area contributed by atoms with Gasteiger partial charge in [0.25, 0.3) is 5.91 Å². The van der Waals surface area contributed by atoms with Crippen molar-refractivity contribution in [3.63, 3.8) is 0 Å². The quantitative estimate of drug-likeness (QED) is 0.792. The summed E-state index contributed by atoms with van der Waals surface area (Å²) in [7, 11) is 0. The van der Waals surface area contributed by atoms with Gasteiger partial charge in [0.2, 0.25) is 0 Å². The molecule has 1 aliphatic carbocycles. The summed E-state index contributed by atoms with van der Waals surface area (Å²) in [5.41, 5.74) is 0.383. The highest BCUT2D eigenvalue weighted by atomic mass is 79.9. The third-order valence-corrected chi connectivity index (χ3v) is 3.52. The summed E-state index contributed by atoms with van der Waals surface area (Å²) >= 11 is 3.15. The molecule has 0 spiro atoms. The molecule has 2 rings (SSSR count). The van der Waals surface area contributed by atoms with E-state index in [0.717, 1.165) is 12.8 Å². The Morgan fingerprint density at radius 1 is 1.53 bits per heavy atom. The van der Waals surface area contributed by atoms with Gasteiger partial charge in [-0.15, -0.1) is 0 Å². The number of aliphatic hydroxyl groups excluding tert-OH is 1. The molecular formula is C12H14BrNO3. The van der Waals surface area contributed by atoms with E-state index in [0.29, 0.717) is 16.0 Å². The fourth-order valence-electron chi connectivity index (χ4n) is 1.60. The van der Waals surface area contributed by atoms with E-state index in [1.54, 1.807) is 12.1 Å². The molecule has 0 radical (unpaired) electrons. The molecule has 1 aromatic carbocycles. The topological polar surface area (TPSA) is 69.6 Å². The lowest BCUT2D eigenvalue weighted by Crippen LogP contribution is -2.33. The third-order valence-electron chi connectivity index (χ3n) is 2.85. The Hall–Kier alpha value is -1.07. The number of hydrogen-bond donors (Lipinski definition) is 3. The van der Waals surface area contributed by atoms with Gasteiger partial charge in [-0.1, -0.05) is 0 Å². The van der Waals surface area contributed by atoms with Gasteiger partial charge in [0, 0.05) is 12.1 Å². The number of benzene rings is 1. The van der Waals surface area contributed by atoms with Crippen LogP contribution in [-0.4, -0.2) is 28.8 Å². The van der Waals surface area contributed by atoms with Gasteiger partial charge in [0.1, 0.15) is 5.75 Å². The molecule has 0 bridgehead atoms. The molecule has 0 aromatic heterocycles. The summed E-state index contributed by atoms with van der Waals surface area (Å²) in [6.45, 7) is 0.264. The number of amides is 1. The van der Waals surface area contributed by atoms with Crippen molar-refractivity contribution >= 4 is 21.8 Å². The van der Waals surface area contributed by atoms with E-state index >= 15 is 0 Å². The number of carbonyl (C=O) groups is 1. The Kier molecular flexibility index (Phi) is 3.69. The first-order valence-electron chi connectivity index (χ1n) is 5.52. The van der Waals surface area contributed by atoms with Crippen LogP contribution in [-0.2, 0) is 0 Å². The molecule has 0 saturated heterocycles. The molecule has 4 nitrogen and oxygen atoms in total. The smallest absolute Gasteiger partial charge is 0.251 e. The van der Waals surface area contributed by atoms with Crippen LogP contribution in [0, 0.1) is 5.92 Å². The maximum absolute atomic E-state index is 11.7. The second-order valence-corrected chi connectivity index (χ2v) is 5.14. The lowest BCUT2D eigenvalue weighted by molar-refractivity contribution is 0.0901. The lowest BCUT2D eigenvalue weighted by atomic mass is 10.2. The van der Waals surface area contributed by atoms with E-state index in [1.807, 2.05) is 0 Å². The number of aromatic hydroxyl groups is 1. The number of phenolic OH excluding ortho intramolecular Hbond substituents is 1. The van der Waals surface area contributed by atoms with Gasteiger partial charge in [-0.05, 0) is 52.9 Å². The number of aliphatic hydroxyl groups is 1. The number of halogens is 1. The number of hydrogen-bond acceptors (Lipinski definition) is 3. The summed E-state index contributed by atoms with van der Waals surface area (Å²) in [6, 6.07) is 4.62. The number of rotatable bonds is 4. The van der Waals surface area contributed by atoms with Crippen LogP contribution < -0.4 is 5.32 Å². The minimum absolute atomic E-state index is 0.0281. The van der Waals surface area contributed by atoms with Crippen molar-refractivity contribution in [1.82, 2.24) is 5.32 Å². The molecule has 5 heteroatoms. The first kappa shape index (κ1) is 12.4. The molecule has 0 aliphatic heterocycles. The van der Waals surface area contributed by atoms with Crippen LogP contribution in [0.15, 0.2) is 22.7 Å². The van der Waals surface area contributed by atoms with Gasteiger partial charge >= 0.3 is 0 Å². The van der Waals surface area contributed by atoms with Crippen molar-refractivity contribution < 1.29 is 15.0 Å². The Balaban J connectivity index is 1.92. The van der Waals surface area contributed by atoms with Gasteiger partial charge in [-0.2, -0.15) is 0 Å². The first-order chi connectivity index (χ1) is 8.08. The van der Waals surface area contributed by atoms with Gasteiger partial charge in [-0.3, -0.25) is 4.79 Å². The number of nitrogens with one attached hydrogen (secondary N) is 1. The average molecular weight is 300 g/mol. The maximum Gasteiger partial charge on any atom is 0.251 e. The van der Waals surface area contributed by atoms with Gasteiger partial charge < -0.3 is 15.5 Å². The van der Waals surface area contributed by atoms with Crippen molar-refractivity contribution in [2.45, 2.75) is 18.9 Å². The predicted octanol–water partition coefficient (Wildman–Crippen LogP) is 1.66. The highest BCUT2D eigenvalue weighted by molar-refractivity contribution is 9.10. The molecule has 1 aromatic rings. The van der Waals surface area contributed by atoms with E-state index in [4.69, 9.17) is 0 Å². The highest BCUT2D eigenvalue weighted by Crippen LogP contribution is 2.32. The molecule has 1 saturated carbocycles. The average Bonchev–Trinajstić information content (AvgIpc) is 3.13.